The van der Waals surface area contributed by atoms with Gasteiger partial charge in [0.1, 0.15) is 5.69 Å². The molecule has 2 aromatic rings. The van der Waals surface area contributed by atoms with E-state index in [1.807, 2.05) is 0 Å². The van der Waals surface area contributed by atoms with Crippen LogP contribution in [0.25, 0.3) is 0 Å². The minimum Gasteiger partial charge on any atom is -0.383 e. The average Bonchev–Trinajstić information content (AvgIpc) is 3.26. The third kappa shape index (κ3) is 5.55. The van der Waals surface area contributed by atoms with Gasteiger partial charge in [0, 0.05) is 46.0 Å². The Bertz CT molecular complexity index is 906. The van der Waals surface area contributed by atoms with Crippen LogP contribution >= 0.6 is 0 Å². The van der Waals surface area contributed by atoms with E-state index in [0.717, 1.165) is 38.9 Å². The fourth-order valence-corrected chi connectivity index (χ4v) is 4.51. The highest BCUT2D eigenvalue weighted by Crippen LogP contribution is 2.21. The van der Waals surface area contributed by atoms with Crippen molar-refractivity contribution in [1.29, 1.82) is 0 Å². The van der Waals surface area contributed by atoms with E-state index in [4.69, 9.17) is 4.74 Å². The fraction of sp³-hybridized carbons (Fsp3) is 0.542. The van der Waals surface area contributed by atoms with Gasteiger partial charge < -0.3 is 19.5 Å². The Morgan fingerprint density at radius 1 is 1.16 bits per heavy atom. The summed E-state index contributed by atoms with van der Waals surface area (Å²) in [7, 11) is 1.62. The first kappa shape index (κ1) is 22.5. The van der Waals surface area contributed by atoms with Crippen LogP contribution in [0.15, 0.2) is 36.5 Å². The number of methoxy groups -OCH3 is 1. The first-order valence-corrected chi connectivity index (χ1v) is 11.5. The summed E-state index contributed by atoms with van der Waals surface area (Å²) in [5.74, 6) is 0.621. The van der Waals surface area contributed by atoms with Crippen LogP contribution in [0.2, 0.25) is 0 Å². The number of hydrogen-bond donors (Lipinski definition) is 1. The normalized spacial score (nSPS) is 17.4. The number of amides is 2. The molecule has 0 atom stereocenters. The Balaban J connectivity index is 1.20. The minimum atomic E-state index is -0.204. The molecular weight excluding hydrogens is 406 g/mol. The summed E-state index contributed by atoms with van der Waals surface area (Å²) in [4.78, 5) is 33.7. The predicted molar refractivity (Wildman–Crippen MR) is 121 cm³/mol. The van der Waals surface area contributed by atoms with E-state index in [0.29, 0.717) is 50.2 Å². The Morgan fingerprint density at radius 3 is 2.69 bits per heavy atom. The van der Waals surface area contributed by atoms with Gasteiger partial charge in [-0.05, 0) is 43.8 Å². The van der Waals surface area contributed by atoms with Crippen LogP contribution in [0.1, 0.15) is 45.9 Å². The van der Waals surface area contributed by atoms with Gasteiger partial charge in [-0.1, -0.05) is 30.3 Å². The summed E-state index contributed by atoms with van der Waals surface area (Å²) < 4.78 is 6.84. The number of ether oxygens (including phenoxy) is 1. The number of piperidine rings is 1. The molecule has 3 heterocycles. The zero-order valence-corrected chi connectivity index (χ0v) is 18.8. The molecule has 0 bridgehead atoms. The maximum Gasteiger partial charge on any atom is 0.290 e. The average molecular weight is 440 g/mol. The molecule has 1 aromatic carbocycles. The first-order valence-electron chi connectivity index (χ1n) is 11.5. The lowest BCUT2D eigenvalue weighted by Gasteiger charge is -2.32. The molecule has 1 saturated heterocycles. The summed E-state index contributed by atoms with van der Waals surface area (Å²) in [6.07, 6.45) is 4.99. The van der Waals surface area contributed by atoms with Crippen LogP contribution in [-0.4, -0.2) is 77.6 Å². The van der Waals surface area contributed by atoms with Crippen LogP contribution in [-0.2, 0) is 17.8 Å². The van der Waals surface area contributed by atoms with Gasteiger partial charge in [0.25, 0.3) is 11.8 Å². The zero-order valence-electron chi connectivity index (χ0n) is 18.8. The maximum atomic E-state index is 12.6. The molecule has 2 aliphatic rings. The summed E-state index contributed by atoms with van der Waals surface area (Å²) in [5, 5.41) is 2.99. The predicted octanol–water partition coefficient (Wildman–Crippen LogP) is 2.02. The molecule has 1 aromatic heterocycles. The van der Waals surface area contributed by atoms with Gasteiger partial charge in [-0.25, -0.2) is 4.98 Å². The highest BCUT2D eigenvalue weighted by atomic mass is 16.5. The molecule has 32 heavy (non-hydrogen) atoms. The second-order valence-electron chi connectivity index (χ2n) is 8.68. The van der Waals surface area contributed by atoms with Gasteiger partial charge in [-0.3, -0.25) is 14.5 Å². The van der Waals surface area contributed by atoms with Crippen molar-refractivity contribution in [1.82, 2.24) is 24.7 Å². The van der Waals surface area contributed by atoms with Crippen LogP contribution < -0.4 is 5.32 Å². The molecule has 0 unspecified atom stereocenters. The molecule has 2 amide bonds. The number of aromatic nitrogens is 2. The lowest BCUT2D eigenvalue weighted by Crippen LogP contribution is -2.42. The summed E-state index contributed by atoms with van der Waals surface area (Å²) in [6.45, 7) is 6.13. The van der Waals surface area contributed by atoms with E-state index in [1.165, 1.54) is 5.56 Å². The van der Waals surface area contributed by atoms with Crippen LogP contribution in [0.5, 0.6) is 0 Å². The molecule has 0 radical (unpaired) electrons. The van der Waals surface area contributed by atoms with E-state index in [9.17, 15) is 9.59 Å². The van der Waals surface area contributed by atoms with Crippen molar-refractivity contribution < 1.29 is 14.3 Å². The lowest BCUT2D eigenvalue weighted by atomic mass is 9.93. The van der Waals surface area contributed by atoms with E-state index < -0.39 is 0 Å². The van der Waals surface area contributed by atoms with Crippen molar-refractivity contribution in [2.24, 2.45) is 5.92 Å². The Kier molecular flexibility index (Phi) is 7.55. The number of fused-ring (bicyclic) bond motifs is 1. The highest BCUT2D eigenvalue weighted by molar-refractivity contribution is 5.96. The first-order chi connectivity index (χ1) is 15.6. The second kappa shape index (κ2) is 10.7. The van der Waals surface area contributed by atoms with Crippen molar-refractivity contribution in [3.63, 3.8) is 0 Å². The van der Waals surface area contributed by atoms with Gasteiger partial charge >= 0.3 is 0 Å². The third-order valence-electron chi connectivity index (χ3n) is 6.46. The van der Waals surface area contributed by atoms with Crippen molar-refractivity contribution >= 4 is 11.8 Å². The lowest BCUT2D eigenvalue weighted by molar-refractivity contribution is 0.0633. The Morgan fingerprint density at radius 2 is 1.94 bits per heavy atom. The van der Waals surface area contributed by atoms with Gasteiger partial charge in [-0.15, -0.1) is 0 Å². The number of hydrogen-bond acceptors (Lipinski definition) is 5. The fourth-order valence-electron chi connectivity index (χ4n) is 4.51. The Hall–Kier alpha value is -2.71. The molecule has 8 heteroatoms. The van der Waals surface area contributed by atoms with Crippen LogP contribution in [0.3, 0.4) is 0 Å². The van der Waals surface area contributed by atoms with Gasteiger partial charge in [-0.2, -0.15) is 0 Å². The van der Waals surface area contributed by atoms with Gasteiger partial charge in [0.05, 0.1) is 6.61 Å². The van der Waals surface area contributed by atoms with Crippen molar-refractivity contribution in [3.05, 3.63) is 53.6 Å². The topological polar surface area (TPSA) is 79.7 Å². The number of carbonyl (C=O) groups excluding carboxylic acids is 2. The quantitative estimate of drug-likeness (QED) is 0.647. The largest absolute Gasteiger partial charge is 0.383 e. The van der Waals surface area contributed by atoms with Crippen molar-refractivity contribution in [2.45, 2.75) is 32.4 Å². The molecule has 0 aliphatic carbocycles. The standard InChI is InChI=1S/C24H33N5O3/c1-32-16-15-28-13-14-29-18-21(26-22(29)24(28)31)23(30)25-10-7-19-8-11-27(12-9-19)17-20-5-3-2-4-6-20/h2-6,18-19H,7-17H2,1H3,(H,25,30). The number of imidazole rings is 1. The Labute approximate surface area is 189 Å². The molecule has 0 saturated carbocycles. The molecule has 0 spiro atoms. The number of nitrogens with one attached hydrogen (secondary N) is 1. The van der Waals surface area contributed by atoms with Crippen molar-refractivity contribution in [3.8, 4) is 0 Å². The van der Waals surface area contributed by atoms with E-state index >= 15 is 0 Å². The summed E-state index contributed by atoms with van der Waals surface area (Å²) >= 11 is 0. The molecule has 2 aliphatic heterocycles. The summed E-state index contributed by atoms with van der Waals surface area (Å²) in [6, 6.07) is 10.6. The van der Waals surface area contributed by atoms with Gasteiger partial charge in [0.2, 0.25) is 0 Å². The summed E-state index contributed by atoms with van der Waals surface area (Å²) in [5.41, 5.74) is 1.68. The maximum absolute atomic E-state index is 12.6. The number of nitrogens with zero attached hydrogens (tertiary/aromatic N) is 4. The minimum absolute atomic E-state index is 0.144. The molecule has 4 rings (SSSR count). The van der Waals surface area contributed by atoms with Crippen LogP contribution in [0, 0.1) is 5.92 Å². The molecular formula is C24H33N5O3. The van der Waals surface area contributed by atoms with Crippen LogP contribution in [0.4, 0.5) is 0 Å². The highest BCUT2D eigenvalue weighted by Gasteiger charge is 2.28. The second-order valence-corrected chi connectivity index (χ2v) is 8.68. The SMILES string of the molecule is COCCN1CCn2cc(C(=O)NCCC3CCN(Cc4ccccc4)CC3)nc2C1=O. The number of likely N-dealkylation sites (tertiary alicyclic amines) is 1. The zero-order chi connectivity index (χ0) is 22.3. The number of rotatable bonds is 9. The monoisotopic (exact) mass is 439 g/mol. The van der Waals surface area contributed by atoms with E-state index in [2.05, 4.69) is 45.5 Å². The van der Waals surface area contributed by atoms with Gasteiger partial charge in [0.15, 0.2) is 5.82 Å². The molecule has 1 N–H and O–H groups in total. The number of benzene rings is 1. The molecule has 172 valence electrons. The molecule has 1 fully saturated rings. The molecule has 8 nitrogen and oxygen atoms in total. The smallest absolute Gasteiger partial charge is 0.290 e. The third-order valence-corrected chi connectivity index (χ3v) is 6.46. The van der Waals surface area contributed by atoms with Crippen molar-refractivity contribution in [2.75, 3.05) is 46.4 Å². The number of carbonyl (C=O) groups is 2. The van der Waals surface area contributed by atoms with E-state index in [-0.39, 0.29) is 11.8 Å². The van der Waals surface area contributed by atoms with E-state index in [1.54, 1.807) is 22.8 Å².